The number of likely N-dealkylation sites (N-methyl/N-ethyl adjacent to an activating group) is 1. The van der Waals surface area contributed by atoms with Gasteiger partial charge < -0.3 is 19.8 Å². The fourth-order valence-electron chi connectivity index (χ4n) is 10.2. The van der Waals surface area contributed by atoms with E-state index in [0.717, 1.165) is 96.3 Å². The second-order valence-corrected chi connectivity index (χ2v) is 27.0. The Kier molecular flexibility index (Phi) is 65.4. The zero-order valence-electron chi connectivity index (χ0n) is 57.9. The molecule has 8 nitrogen and oxygen atoms in total. The number of rotatable bonds is 66. The van der Waals surface area contributed by atoms with Gasteiger partial charge in [-0.3, -0.25) is 13.8 Å². The van der Waals surface area contributed by atoms with Gasteiger partial charge in [0.1, 0.15) is 13.2 Å². The number of aliphatic hydroxyl groups excluding tert-OH is 1. The van der Waals surface area contributed by atoms with Gasteiger partial charge >= 0.3 is 7.82 Å². The van der Waals surface area contributed by atoms with Gasteiger partial charge in [0.05, 0.1) is 39.9 Å². The van der Waals surface area contributed by atoms with Crippen LogP contribution in [-0.4, -0.2) is 73.4 Å². The number of phosphoric acid groups is 1. The monoisotopic (exact) mass is 1240 g/mol. The molecule has 0 saturated heterocycles. The Morgan fingerprint density at radius 2 is 0.693 bits per heavy atom. The molecule has 3 atom stereocenters. The molecule has 0 rings (SSSR count). The first kappa shape index (κ1) is 84.6. The Balaban J connectivity index is 4.12. The van der Waals surface area contributed by atoms with Crippen molar-refractivity contribution in [1.29, 1.82) is 0 Å². The molecular weight excluding hydrogens is 1100 g/mol. The van der Waals surface area contributed by atoms with Crippen LogP contribution in [0.1, 0.15) is 309 Å². The number of carbonyl (C=O) groups excluding carboxylic acids is 1. The molecule has 506 valence electrons. The van der Waals surface area contributed by atoms with Crippen LogP contribution in [0.5, 0.6) is 0 Å². The number of nitrogens with zero attached hydrogens (tertiary/aromatic N) is 1. The summed E-state index contributed by atoms with van der Waals surface area (Å²) in [5.74, 6) is -0.193. The van der Waals surface area contributed by atoms with Gasteiger partial charge in [-0.15, -0.1) is 0 Å². The summed E-state index contributed by atoms with van der Waals surface area (Å²) in [5.41, 5.74) is 0. The van der Waals surface area contributed by atoms with E-state index in [-0.39, 0.29) is 19.1 Å². The normalized spacial score (nSPS) is 14.4. The number of nitrogens with one attached hydrogen (secondary N) is 1. The van der Waals surface area contributed by atoms with Gasteiger partial charge in [-0.1, -0.05) is 327 Å². The van der Waals surface area contributed by atoms with Gasteiger partial charge in [-0.05, 0) is 109 Å². The van der Waals surface area contributed by atoms with Gasteiger partial charge in [0.25, 0.3) is 0 Å². The maximum Gasteiger partial charge on any atom is 0.472 e. The number of carbonyl (C=O) groups is 1. The molecule has 0 aliphatic carbocycles. The topological polar surface area (TPSA) is 105 Å². The second kappa shape index (κ2) is 68.0. The predicted molar refractivity (Wildman–Crippen MR) is 387 cm³/mol. The van der Waals surface area contributed by atoms with Crippen molar-refractivity contribution in [3.05, 3.63) is 134 Å². The van der Waals surface area contributed by atoms with Crippen molar-refractivity contribution in [1.82, 2.24) is 5.32 Å². The van der Waals surface area contributed by atoms with Crippen molar-refractivity contribution in [2.24, 2.45) is 0 Å². The van der Waals surface area contributed by atoms with E-state index >= 15 is 0 Å². The number of unbranched alkanes of at least 4 members (excludes halogenated alkanes) is 33. The Morgan fingerprint density at radius 1 is 0.398 bits per heavy atom. The number of aliphatic hydroxyl groups is 1. The molecule has 0 bridgehead atoms. The van der Waals surface area contributed by atoms with Crippen molar-refractivity contribution in [3.63, 3.8) is 0 Å². The molecule has 0 aliphatic rings. The third-order valence-electron chi connectivity index (χ3n) is 15.8. The molecule has 0 heterocycles. The number of amides is 1. The van der Waals surface area contributed by atoms with Crippen molar-refractivity contribution in [3.8, 4) is 0 Å². The maximum absolute atomic E-state index is 13.1. The van der Waals surface area contributed by atoms with Crippen LogP contribution in [-0.2, 0) is 18.4 Å². The zero-order valence-corrected chi connectivity index (χ0v) is 58.8. The Morgan fingerprint density at radius 3 is 1.05 bits per heavy atom. The van der Waals surface area contributed by atoms with Gasteiger partial charge in [0.15, 0.2) is 0 Å². The van der Waals surface area contributed by atoms with E-state index in [4.69, 9.17) is 9.05 Å². The van der Waals surface area contributed by atoms with Crippen LogP contribution >= 0.6 is 7.82 Å². The minimum atomic E-state index is -4.37. The molecular formula is C79H140N2O6P+. The highest BCUT2D eigenvalue weighted by Gasteiger charge is 2.28. The number of quaternary nitrogens is 1. The van der Waals surface area contributed by atoms with Gasteiger partial charge in [0.2, 0.25) is 5.91 Å². The van der Waals surface area contributed by atoms with Crippen molar-refractivity contribution in [2.45, 2.75) is 321 Å². The maximum atomic E-state index is 13.1. The standard InChI is InChI=1S/C79H139N2O6P/c1-6-8-10-12-14-16-18-20-22-24-26-28-30-32-34-35-36-37-38-39-40-41-42-43-44-45-47-49-51-53-55-57-59-61-63-65-67-69-71-73-79(83)80-77(76-87-88(84,85)86-75-74-81(3,4)5)78(82)72-70-68-66-64-62-60-58-56-54-52-50-48-46-33-31-29-27-25-23-21-19-17-15-13-11-9-7-2/h8,10,14,16,20,22,26,28,32,34,36-37,39-40,42-43,54,56,62,64,70,72,77-78,82H,6-7,9,11-13,15,17-19,21,23-25,27,29-31,33,35,38,41,44-53,55,57-61,63,65-69,71,73-76H2,1-5H3,(H-,80,83,84,85)/p+1/b10-8-,16-14-,22-20-,28-26-,34-32-,37-36-,40-39-,43-42-,56-54+,64-62+,72-70+. The summed E-state index contributed by atoms with van der Waals surface area (Å²) >= 11 is 0. The van der Waals surface area contributed by atoms with E-state index in [1.807, 2.05) is 27.2 Å². The molecule has 0 aliphatic heterocycles. The average molecular weight is 1240 g/mol. The van der Waals surface area contributed by atoms with Crippen LogP contribution in [0.3, 0.4) is 0 Å². The highest BCUT2D eigenvalue weighted by molar-refractivity contribution is 7.47. The summed E-state index contributed by atoms with van der Waals surface area (Å²) in [4.78, 5) is 23.4. The van der Waals surface area contributed by atoms with E-state index in [2.05, 4.69) is 141 Å². The molecule has 0 aromatic rings. The molecule has 0 radical (unpaired) electrons. The summed E-state index contributed by atoms with van der Waals surface area (Å²) in [7, 11) is 1.54. The molecule has 0 aromatic carbocycles. The Bertz CT molecular complexity index is 1900. The quantitative estimate of drug-likeness (QED) is 0.0243. The third kappa shape index (κ3) is 70.1. The molecule has 3 N–H and O–H groups in total. The fourth-order valence-corrected chi connectivity index (χ4v) is 10.9. The van der Waals surface area contributed by atoms with Crippen LogP contribution in [0.2, 0.25) is 0 Å². The van der Waals surface area contributed by atoms with Crippen LogP contribution < -0.4 is 5.32 Å². The molecule has 0 fully saturated rings. The van der Waals surface area contributed by atoms with Crippen LogP contribution in [0.25, 0.3) is 0 Å². The Labute approximate surface area is 545 Å². The van der Waals surface area contributed by atoms with E-state index < -0.39 is 20.0 Å². The summed E-state index contributed by atoms with van der Waals surface area (Å²) < 4.78 is 23.8. The second-order valence-electron chi connectivity index (χ2n) is 25.6. The lowest BCUT2D eigenvalue weighted by molar-refractivity contribution is -0.870. The highest BCUT2D eigenvalue weighted by Crippen LogP contribution is 2.43. The zero-order chi connectivity index (χ0) is 64.1. The SMILES string of the molecule is CC/C=C\C/C=C\C/C=C\C/C=C\C/C=C\C/C=C\C/C=C\C/C=C\CCCCCCCCCCCCCCCCC(=O)NC(COP(=O)(O)OCC[N+](C)(C)C)C(O)/C=C/CC/C=C/CC/C=C/CCCCCCCCCCCCCCCCCCC. The van der Waals surface area contributed by atoms with E-state index in [1.165, 1.54) is 193 Å². The minimum Gasteiger partial charge on any atom is -0.387 e. The minimum absolute atomic E-state index is 0.0486. The number of allylic oxidation sites excluding steroid dienone is 21. The van der Waals surface area contributed by atoms with Crippen LogP contribution in [0.4, 0.5) is 0 Å². The largest absolute Gasteiger partial charge is 0.472 e. The fraction of sp³-hybridized carbons (Fsp3) is 0.709. The van der Waals surface area contributed by atoms with E-state index in [9.17, 15) is 19.4 Å². The molecule has 0 saturated carbocycles. The van der Waals surface area contributed by atoms with Crippen molar-refractivity contribution < 1.29 is 32.9 Å². The lowest BCUT2D eigenvalue weighted by Crippen LogP contribution is -2.45. The van der Waals surface area contributed by atoms with E-state index in [1.54, 1.807) is 6.08 Å². The first-order valence-corrected chi connectivity index (χ1v) is 38.1. The van der Waals surface area contributed by atoms with Crippen LogP contribution in [0.15, 0.2) is 134 Å². The summed E-state index contributed by atoms with van der Waals surface area (Å²) in [5, 5.41) is 14.0. The highest BCUT2D eigenvalue weighted by atomic mass is 31.2. The Hall–Kier alpha value is -3.36. The predicted octanol–water partition coefficient (Wildman–Crippen LogP) is 23.8. The number of phosphoric ester groups is 1. The summed E-state index contributed by atoms with van der Waals surface area (Å²) in [6.45, 7) is 4.69. The molecule has 9 heteroatoms. The number of hydrogen-bond donors (Lipinski definition) is 3. The molecule has 3 unspecified atom stereocenters. The van der Waals surface area contributed by atoms with Gasteiger partial charge in [-0.2, -0.15) is 0 Å². The lowest BCUT2D eigenvalue weighted by Gasteiger charge is -2.25. The summed E-state index contributed by atoms with van der Waals surface area (Å²) in [6, 6.07) is -0.880. The molecule has 0 aromatic heterocycles. The van der Waals surface area contributed by atoms with Crippen molar-refractivity contribution >= 4 is 13.7 Å². The van der Waals surface area contributed by atoms with Gasteiger partial charge in [-0.25, -0.2) is 4.57 Å². The van der Waals surface area contributed by atoms with Gasteiger partial charge in [0, 0.05) is 6.42 Å². The lowest BCUT2D eigenvalue weighted by atomic mass is 10.0. The first-order chi connectivity index (χ1) is 43.0. The third-order valence-corrected chi connectivity index (χ3v) is 16.8. The average Bonchev–Trinajstić information content (AvgIpc) is 3.70. The first-order valence-electron chi connectivity index (χ1n) is 36.6. The smallest absolute Gasteiger partial charge is 0.387 e. The van der Waals surface area contributed by atoms with E-state index in [0.29, 0.717) is 17.4 Å². The van der Waals surface area contributed by atoms with Crippen molar-refractivity contribution in [2.75, 3.05) is 40.9 Å². The van der Waals surface area contributed by atoms with Crippen LogP contribution in [0, 0.1) is 0 Å². The molecule has 88 heavy (non-hydrogen) atoms. The summed E-state index contributed by atoms with van der Waals surface area (Å²) in [6.07, 6.45) is 103. The molecule has 1 amide bonds. The molecule has 0 spiro atoms. The number of hydrogen-bond acceptors (Lipinski definition) is 5.